The molecule has 2 aromatic heterocycles. The maximum atomic E-state index is 4.11. The Morgan fingerprint density at radius 2 is 2.38 bits per heavy atom. The number of H-pyrrole nitrogens is 1. The van der Waals surface area contributed by atoms with E-state index in [9.17, 15) is 0 Å². The van der Waals surface area contributed by atoms with E-state index in [0.29, 0.717) is 0 Å². The lowest BCUT2D eigenvalue weighted by molar-refractivity contribution is 0.691. The molecule has 2 heterocycles. The van der Waals surface area contributed by atoms with Crippen LogP contribution < -0.4 is 5.32 Å². The highest BCUT2D eigenvalue weighted by atomic mass is 15.2. The molecule has 84 valence electrons. The zero-order valence-electron chi connectivity index (χ0n) is 9.27. The molecule has 0 aliphatic carbocycles. The summed E-state index contributed by atoms with van der Waals surface area (Å²) in [5.74, 6) is 0. The van der Waals surface area contributed by atoms with E-state index in [0.717, 1.165) is 24.3 Å². The predicted octanol–water partition coefficient (Wildman–Crippen LogP) is 1.30. The van der Waals surface area contributed by atoms with Gasteiger partial charge < -0.3 is 5.32 Å². The van der Waals surface area contributed by atoms with Gasteiger partial charge in [-0.15, -0.1) is 0 Å². The van der Waals surface area contributed by atoms with Crippen LogP contribution in [0.5, 0.6) is 0 Å². The molecule has 0 saturated heterocycles. The third kappa shape index (κ3) is 2.38. The van der Waals surface area contributed by atoms with E-state index in [1.807, 2.05) is 25.5 Å². The Kier molecular flexibility index (Phi) is 3.16. The van der Waals surface area contributed by atoms with Crippen molar-refractivity contribution in [3.05, 3.63) is 42.0 Å². The molecule has 5 heteroatoms. The molecular formula is C11H15N5. The van der Waals surface area contributed by atoms with E-state index < -0.39 is 0 Å². The SMILES string of the molecule is C=Cn1cc(CNCc2cn[nH]c2C)cn1. The first kappa shape index (κ1) is 10.6. The Labute approximate surface area is 94.2 Å². The molecule has 2 aromatic rings. The molecule has 0 saturated carbocycles. The van der Waals surface area contributed by atoms with Crippen LogP contribution in [0.1, 0.15) is 16.8 Å². The molecular weight excluding hydrogens is 202 g/mol. The quantitative estimate of drug-likeness (QED) is 0.793. The van der Waals surface area contributed by atoms with Crippen LogP contribution in [0.25, 0.3) is 6.20 Å². The normalized spacial score (nSPS) is 10.6. The molecule has 0 aromatic carbocycles. The number of hydrogen-bond donors (Lipinski definition) is 2. The minimum atomic E-state index is 0.790. The van der Waals surface area contributed by atoms with Gasteiger partial charge in [-0.3, -0.25) is 5.10 Å². The van der Waals surface area contributed by atoms with Gasteiger partial charge in [0.1, 0.15) is 0 Å². The Morgan fingerprint density at radius 3 is 3.00 bits per heavy atom. The first-order valence-corrected chi connectivity index (χ1v) is 5.14. The average Bonchev–Trinajstić information content (AvgIpc) is 2.89. The molecule has 0 fully saturated rings. The minimum absolute atomic E-state index is 0.790. The highest BCUT2D eigenvalue weighted by Crippen LogP contribution is 2.03. The van der Waals surface area contributed by atoms with E-state index in [-0.39, 0.29) is 0 Å². The fraction of sp³-hybridized carbons (Fsp3) is 0.273. The molecule has 0 spiro atoms. The van der Waals surface area contributed by atoms with Gasteiger partial charge in [0.05, 0.1) is 12.4 Å². The maximum Gasteiger partial charge on any atom is 0.0538 e. The Hall–Kier alpha value is -1.88. The fourth-order valence-corrected chi connectivity index (χ4v) is 1.46. The summed E-state index contributed by atoms with van der Waals surface area (Å²) in [6.45, 7) is 7.26. The van der Waals surface area contributed by atoms with Crippen LogP contribution in [0.2, 0.25) is 0 Å². The van der Waals surface area contributed by atoms with E-state index in [2.05, 4.69) is 27.2 Å². The van der Waals surface area contributed by atoms with Crippen LogP contribution in [0.15, 0.2) is 25.2 Å². The second-order valence-corrected chi connectivity index (χ2v) is 3.63. The van der Waals surface area contributed by atoms with Gasteiger partial charge in [-0.1, -0.05) is 6.58 Å². The van der Waals surface area contributed by atoms with Crippen LogP contribution >= 0.6 is 0 Å². The van der Waals surface area contributed by atoms with Crippen molar-refractivity contribution in [1.29, 1.82) is 0 Å². The van der Waals surface area contributed by atoms with Crippen LogP contribution in [-0.4, -0.2) is 20.0 Å². The smallest absolute Gasteiger partial charge is 0.0538 e. The van der Waals surface area contributed by atoms with Crippen molar-refractivity contribution in [3.8, 4) is 0 Å². The third-order valence-electron chi connectivity index (χ3n) is 2.42. The van der Waals surface area contributed by atoms with E-state index in [1.54, 1.807) is 10.9 Å². The zero-order chi connectivity index (χ0) is 11.4. The summed E-state index contributed by atoms with van der Waals surface area (Å²) in [4.78, 5) is 0. The topological polar surface area (TPSA) is 58.5 Å². The first-order chi connectivity index (χ1) is 7.79. The van der Waals surface area contributed by atoms with Crippen molar-refractivity contribution >= 4 is 6.20 Å². The van der Waals surface area contributed by atoms with Crippen molar-refractivity contribution in [2.24, 2.45) is 0 Å². The van der Waals surface area contributed by atoms with Gasteiger partial charge in [0.25, 0.3) is 0 Å². The van der Waals surface area contributed by atoms with Crippen LogP contribution in [0.3, 0.4) is 0 Å². The number of hydrogen-bond acceptors (Lipinski definition) is 3. The number of aromatic amines is 1. The molecule has 0 aliphatic heterocycles. The first-order valence-electron chi connectivity index (χ1n) is 5.14. The zero-order valence-corrected chi connectivity index (χ0v) is 9.27. The number of aryl methyl sites for hydroxylation is 1. The predicted molar refractivity (Wildman–Crippen MR) is 62.5 cm³/mol. The maximum absolute atomic E-state index is 4.11. The molecule has 0 radical (unpaired) electrons. The number of rotatable bonds is 5. The molecule has 5 nitrogen and oxygen atoms in total. The highest BCUT2D eigenvalue weighted by molar-refractivity contribution is 5.18. The lowest BCUT2D eigenvalue weighted by Gasteiger charge is -2.01. The average molecular weight is 217 g/mol. The van der Waals surface area contributed by atoms with E-state index >= 15 is 0 Å². The van der Waals surface area contributed by atoms with Crippen molar-refractivity contribution in [2.45, 2.75) is 20.0 Å². The van der Waals surface area contributed by atoms with Gasteiger partial charge in [0.2, 0.25) is 0 Å². The summed E-state index contributed by atoms with van der Waals surface area (Å²) < 4.78 is 1.69. The monoisotopic (exact) mass is 217 g/mol. The van der Waals surface area contributed by atoms with Crippen LogP contribution in [0.4, 0.5) is 0 Å². The van der Waals surface area contributed by atoms with Gasteiger partial charge in [0.15, 0.2) is 0 Å². The van der Waals surface area contributed by atoms with Crippen molar-refractivity contribution in [1.82, 2.24) is 25.3 Å². The fourth-order valence-electron chi connectivity index (χ4n) is 1.46. The standard InChI is InChI=1S/C11H15N5/c1-3-16-8-10(5-14-16)4-12-6-11-7-13-15-9(11)2/h3,5,7-8,12H,1,4,6H2,2H3,(H,13,15). The molecule has 0 atom stereocenters. The highest BCUT2D eigenvalue weighted by Gasteiger charge is 2.00. The van der Waals surface area contributed by atoms with Crippen molar-refractivity contribution in [3.63, 3.8) is 0 Å². The molecule has 16 heavy (non-hydrogen) atoms. The lowest BCUT2D eigenvalue weighted by Crippen LogP contribution is -2.12. The third-order valence-corrected chi connectivity index (χ3v) is 2.42. The molecule has 2 rings (SSSR count). The van der Waals surface area contributed by atoms with E-state index in [4.69, 9.17) is 0 Å². The number of aromatic nitrogens is 4. The van der Waals surface area contributed by atoms with Gasteiger partial charge in [-0.25, -0.2) is 4.68 Å². The Bertz CT molecular complexity index is 468. The van der Waals surface area contributed by atoms with Gasteiger partial charge in [0, 0.05) is 42.3 Å². The second-order valence-electron chi connectivity index (χ2n) is 3.63. The number of nitrogens with one attached hydrogen (secondary N) is 2. The van der Waals surface area contributed by atoms with Crippen molar-refractivity contribution < 1.29 is 0 Å². The van der Waals surface area contributed by atoms with E-state index in [1.165, 1.54) is 5.56 Å². The summed E-state index contributed by atoms with van der Waals surface area (Å²) in [5, 5.41) is 14.3. The summed E-state index contributed by atoms with van der Waals surface area (Å²) in [7, 11) is 0. The number of nitrogens with zero attached hydrogens (tertiary/aromatic N) is 3. The summed E-state index contributed by atoms with van der Waals surface area (Å²) in [6, 6.07) is 0. The van der Waals surface area contributed by atoms with Gasteiger partial charge >= 0.3 is 0 Å². The molecule has 2 N–H and O–H groups in total. The molecule has 0 amide bonds. The largest absolute Gasteiger partial charge is 0.308 e. The minimum Gasteiger partial charge on any atom is -0.308 e. The van der Waals surface area contributed by atoms with Gasteiger partial charge in [-0.2, -0.15) is 10.2 Å². The molecule has 0 bridgehead atoms. The summed E-state index contributed by atoms with van der Waals surface area (Å²) >= 11 is 0. The van der Waals surface area contributed by atoms with Gasteiger partial charge in [-0.05, 0) is 6.92 Å². The lowest BCUT2D eigenvalue weighted by atomic mass is 10.2. The Morgan fingerprint density at radius 1 is 1.50 bits per heavy atom. The second kappa shape index (κ2) is 4.76. The molecule has 0 aliphatic rings. The molecule has 0 unspecified atom stereocenters. The summed E-state index contributed by atoms with van der Waals surface area (Å²) in [5.41, 5.74) is 3.44. The Balaban J connectivity index is 1.84. The summed E-state index contributed by atoms with van der Waals surface area (Å²) in [6.07, 6.45) is 7.29. The van der Waals surface area contributed by atoms with Crippen LogP contribution in [-0.2, 0) is 13.1 Å². The van der Waals surface area contributed by atoms with Crippen molar-refractivity contribution in [2.75, 3.05) is 0 Å². The van der Waals surface area contributed by atoms with Crippen LogP contribution in [0, 0.1) is 6.92 Å².